The summed E-state index contributed by atoms with van der Waals surface area (Å²) < 4.78 is 16.3. The lowest BCUT2D eigenvalue weighted by Gasteiger charge is -2.19. The zero-order chi connectivity index (χ0) is 17.5. The average molecular weight is 325 g/mol. The van der Waals surface area contributed by atoms with Crippen molar-refractivity contribution >= 4 is 5.97 Å². The first kappa shape index (κ1) is 19.1. The fourth-order valence-electron chi connectivity index (χ4n) is 2.06. The van der Waals surface area contributed by atoms with Gasteiger partial charge in [0.2, 0.25) is 5.75 Å². The van der Waals surface area contributed by atoms with Crippen LogP contribution in [0.2, 0.25) is 0 Å². The number of carboxylic acid groups (broad SMARTS) is 1. The Morgan fingerprint density at radius 2 is 1.78 bits per heavy atom. The molecule has 130 valence electrons. The van der Waals surface area contributed by atoms with E-state index < -0.39 is 11.4 Å². The van der Waals surface area contributed by atoms with Crippen molar-refractivity contribution in [3.8, 4) is 17.2 Å². The largest absolute Gasteiger partial charge is 0.493 e. The molecule has 6 nitrogen and oxygen atoms in total. The first-order valence-electron chi connectivity index (χ1n) is 7.67. The number of ether oxygens (including phenoxy) is 3. The fourth-order valence-corrected chi connectivity index (χ4v) is 2.06. The van der Waals surface area contributed by atoms with Gasteiger partial charge in [0.25, 0.3) is 0 Å². The van der Waals surface area contributed by atoms with E-state index in [1.807, 2.05) is 19.1 Å². The predicted octanol–water partition coefficient (Wildman–Crippen LogP) is 2.69. The average Bonchev–Trinajstić information content (AvgIpc) is 2.52. The SMILES string of the molecule is CCOc1c(OC)cc(CNCCC(C)(C)C(=O)O)cc1OC. The van der Waals surface area contributed by atoms with Crippen molar-refractivity contribution in [2.24, 2.45) is 5.41 Å². The zero-order valence-electron chi connectivity index (χ0n) is 14.6. The van der Waals surface area contributed by atoms with Gasteiger partial charge in [-0.05, 0) is 51.4 Å². The van der Waals surface area contributed by atoms with Crippen molar-refractivity contribution in [1.29, 1.82) is 0 Å². The Kier molecular flexibility index (Phi) is 7.16. The summed E-state index contributed by atoms with van der Waals surface area (Å²) in [5, 5.41) is 12.4. The monoisotopic (exact) mass is 325 g/mol. The first-order valence-corrected chi connectivity index (χ1v) is 7.67. The van der Waals surface area contributed by atoms with Crippen molar-refractivity contribution in [2.45, 2.75) is 33.7 Å². The lowest BCUT2D eigenvalue weighted by molar-refractivity contribution is -0.147. The van der Waals surface area contributed by atoms with Gasteiger partial charge in [0.15, 0.2) is 11.5 Å². The van der Waals surface area contributed by atoms with Gasteiger partial charge in [-0.2, -0.15) is 0 Å². The maximum atomic E-state index is 11.1. The molecule has 1 rings (SSSR count). The number of nitrogens with one attached hydrogen (secondary N) is 1. The van der Waals surface area contributed by atoms with E-state index in [0.29, 0.717) is 43.4 Å². The van der Waals surface area contributed by atoms with Gasteiger partial charge in [-0.1, -0.05) is 0 Å². The summed E-state index contributed by atoms with van der Waals surface area (Å²) in [5.74, 6) is 1.04. The minimum absolute atomic E-state index is 0.522. The number of methoxy groups -OCH3 is 2. The fraction of sp³-hybridized carbons (Fsp3) is 0.588. The van der Waals surface area contributed by atoms with E-state index in [1.54, 1.807) is 28.1 Å². The Hall–Kier alpha value is -1.95. The first-order chi connectivity index (χ1) is 10.9. The van der Waals surface area contributed by atoms with E-state index in [-0.39, 0.29) is 0 Å². The van der Waals surface area contributed by atoms with E-state index >= 15 is 0 Å². The quantitative estimate of drug-likeness (QED) is 0.644. The minimum atomic E-state index is -0.788. The molecule has 23 heavy (non-hydrogen) atoms. The molecule has 0 atom stereocenters. The van der Waals surface area contributed by atoms with E-state index in [4.69, 9.17) is 19.3 Å². The molecule has 0 saturated heterocycles. The van der Waals surface area contributed by atoms with Crippen LogP contribution in [0.4, 0.5) is 0 Å². The Balaban J connectivity index is 2.72. The van der Waals surface area contributed by atoms with Crippen LogP contribution in [0, 0.1) is 5.41 Å². The standard InChI is InChI=1S/C17H27NO5/c1-6-23-15-13(21-4)9-12(10-14(15)22-5)11-18-8-7-17(2,3)16(19)20/h9-10,18H,6-8,11H2,1-5H3,(H,19,20). The van der Waals surface area contributed by atoms with Crippen LogP contribution in [-0.4, -0.2) is 38.4 Å². The van der Waals surface area contributed by atoms with Crippen LogP contribution in [0.15, 0.2) is 12.1 Å². The van der Waals surface area contributed by atoms with Crippen molar-refractivity contribution in [3.63, 3.8) is 0 Å². The maximum absolute atomic E-state index is 11.1. The second kappa shape index (κ2) is 8.62. The maximum Gasteiger partial charge on any atom is 0.309 e. The van der Waals surface area contributed by atoms with Crippen molar-refractivity contribution in [3.05, 3.63) is 17.7 Å². The summed E-state index contributed by atoms with van der Waals surface area (Å²) >= 11 is 0. The molecular weight excluding hydrogens is 298 g/mol. The van der Waals surface area contributed by atoms with Gasteiger partial charge in [0.1, 0.15) is 0 Å². The van der Waals surface area contributed by atoms with Crippen LogP contribution in [0.3, 0.4) is 0 Å². The highest BCUT2D eigenvalue weighted by Crippen LogP contribution is 2.38. The number of hydrogen-bond acceptors (Lipinski definition) is 5. The third kappa shape index (κ3) is 5.32. The van der Waals surface area contributed by atoms with E-state index in [2.05, 4.69) is 5.32 Å². The Bertz CT molecular complexity index is 503. The lowest BCUT2D eigenvalue weighted by Crippen LogP contribution is -2.28. The molecule has 1 aromatic carbocycles. The van der Waals surface area contributed by atoms with Crippen LogP contribution in [0.1, 0.15) is 32.8 Å². The molecule has 0 aliphatic heterocycles. The van der Waals surface area contributed by atoms with Crippen LogP contribution in [0.5, 0.6) is 17.2 Å². The molecule has 6 heteroatoms. The van der Waals surface area contributed by atoms with Crippen LogP contribution >= 0.6 is 0 Å². The number of aliphatic carboxylic acids is 1. The molecule has 0 radical (unpaired) electrons. The molecule has 0 unspecified atom stereocenters. The summed E-state index contributed by atoms with van der Waals surface area (Å²) in [4.78, 5) is 11.1. The van der Waals surface area contributed by atoms with Gasteiger partial charge in [-0.3, -0.25) is 4.79 Å². The molecule has 0 saturated carbocycles. The molecule has 0 aromatic heterocycles. The summed E-state index contributed by atoms with van der Waals surface area (Å²) in [5.41, 5.74) is 0.247. The molecule has 0 aliphatic rings. The highest BCUT2D eigenvalue weighted by molar-refractivity contribution is 5.73. The second-order valence-electron chi connectivity index (χ2n) is 5.88. The highest BCUT2D eigenvalue weighted by atomic mass is 16.5. The molecular formula is C17H27NO5. The number of rotatable bonds is 10. The van der Waals surface area contributed by atoms with E-state index in [1.165, 1.54) is 0 Å². The molecule has 0 fully saturated rings. The van der Waals surface area contributed by atoms with Gasteiger partial charge < -0.3 is 24.6 Å². The molecule has 2 N–H and O–H groups in total. The molecule has 1 aromatic rings. The number of carbonyl (C=O) groups is 1. The number of hydrogen-bond donors (Lipinski definition) is 2. The van der Waals surface area contributed by atoms with Crippen LogP contribution in [0.25, 0.3) is 0 Å². The van der Waals surface area contributed by atoms with Crippen LogP contribution in [-0.2, 0) is 11.3 Å². The van der Waals surface area contributed by atoms with Gasteiger partial charge >= 0.3 is 5.97 Å². The Morgan fingerprint density at radius 1 is 1.22 bits per heavy atom. The third-order valence-corrected chi connectivity index (χ3v) is 3.64. The predicted molar refractivity (Wildman–Crippen MR) is 88.5 cm³/mol. The summed E-state index contributed by atoms with van der Waals surface area (Å²) in [6.45, 7) is 7.07. The second-order valence-corrected chi connectivity index (χ2v) is 5.88. The number of carboxylic acids is 1. The summed E-state index contributed by atoms with van der Waals surface area (Å²) in [7, 11) is 3.17. The molecule has 0 aliphatic carbocycles. The van der Waals surface area contributed by atoms with Crippen molar-refractivity contribution in [2.75, 3.05) is 27.4 Å². The van der Waals surface area contributed by atoms with Gasteiger partial charge in [0, 0.05) is 6.54 Å². The van der Waals surface area contributed by atoms with Gasteiger partial charge in [0.05, 0.1) is 26.2 Å². The highest BCUT2D eigenvalue weighted by Gasteiger charge is 2.26. The summed E-state index contributed by atoms with van der Waals surface area (Å²) in [6, 6.07) is 3.78. The number of benzene rings is 1. The topological polar surface area (TPSA) is 77.0 Å². The van der Waals surface area contributed by atoms with Crippen molar-refractivity contribution in [1.82, 2.24) is 5.32 Å². The smallest absolute Gasteiger partial charge is 0.309 e. The molecule has 0 heterocycles. The molecule has 0 spiro atoms. The lowest BCUT2D eigenvalue weighted by atomic mass is 9.90. The van der Waals surface area contributed by atoms with Gasteiger partial charge in [-0.15, -0.1) is 0 Å². The van der Waals surface area contributed by atoms with Gasteiger partial charge in [-0.25, -0.2) is 0 Å². The third-order valence-electron chi connectivity index (χ3n) is 3.64. The summed E-state index contributed by atoms with van der Waals surface area (Å²) in [6.07, 6.45) is 0.549. The normalized spacial score (nSPS) is 11.2. The van der Waals surface area contributed by atoms with E-state index in [0.717, 1.165) is 5.56 Å². The Labute approximate surface area is 137 Å². The Morgan fingerprint density at radius 3 is 2.22 bits per heavy atom. The van der Waals surface area contributed by atoms with Crippen molar-refractivity contribution < 1.29 is 24.1 Å². The molecule has 0 amide bonds. The minimum Gasteiger partial charge on any atom is -0.493 e. The van der Waals surface area contributed by atoms with Crippen LogP contribution < -0.4 is 19.5 Å². The molecule has 0 bridgehead atoms. The zero-order valence-corrected chi connectivity index (χ0v) is 14.6. The van der Waals surface area contributed by atoms with E-state index in [9.17, 15) is 4.79 Å².